The minimum Gasteiger partial charge on any atom is -0.454 e. The van der Waals surface area contributed by atoms with Gasteiger partial charge in [0.1, 0.15) is 0 Å². The zero-order valence-electron chi connectivity index (χ0n) is 11.1. The van der Waals surface area contributed by atoms with Gasteiger partial charge in [-0.15, -0.1) is 0 Å². The predicted molar refractivity (Wildman–Crippen MR) is 74.8 cm³/mol. The fraction of sp³-hybridized carbons (Fsp3) is 0.429. The standard InChI is InChI=1S/C14H16ClNO4/c1-9-10(15)4-2-5-11(9)16-13(17)8-20-14(18)12-6-3-7-19-12/h2,4-5,12H,3,6-8H2,1H3,(H,16,17)/t12-/m1/s1. The van der Waals surface area contributed by atoms with Crippen molar-refractivity contribution < 1.29 is 19.1 Å². The molecule has 1 atom stereocenters. The fourth-order valence-electron chi connectivity index (χ4n) is 1.92. The van der Waals surface area contributed by atoms with Gasteiger partial charge in [0.15, 0.2) is 12.7 Å². The Hall–Kier alpha value is -1.59. The normalized spacial score (nSPS) is 17.8. The number of anilines is 1. The average Bonchev–Trinajstić information content (AvgIpc) is 2.95. The van der Waals surface area contributed by atoms with Gasteiger partial charge >= 0.3 is 5.97 Å². The second-order valence-corrected chi connectivity index (χ2v) is 4.98. The van der Waals surface area contributed by atoms with Crippen molar-refractivity contribution in [2.75, 3.05) is 18.5 Å². The molecule has 0 aromatic heterocycles. The lowest BCUT2D eigenvalue weighted by atomic mass is 10.2. The quantitative estimate of drug-likeness (QED) is 0.866. The third kappa shape index (κ3) is 3.71. The summed E-state index contributed by atoms with van der Waals surface area (Å²) in [5, 5.41) is 3.22. The number of halogens is 1. The maximum Gasteiger partial charge on any atom is 0.335 e. The van der Waals surface area contributed by atoms with Gasteiger partial charge in [0.05, 0.1) is 0 Å². The molecule has 0 aliphatic carbocycles. The highest BCUT2D eigenvalue weighted by atomic mass is 35.5. The molecule has 6 heteroatoms. The number of benzene rings is 1. The molecule has 20 heavy (non-hydrogen) atoms. The van der Waals surface area contributed by atoms with Gasteiger partial charge in [-0.25, -0.2) is 4.79 Å². The Balaban J connectivity index is 1.83. The van der Waals surface area contributed by atoms with E-state index in [1.165, 1.54) is 0 Å². The molecular formula is C14H16ClNO4. The number of hydrogen-bond acceptors (Lipinski definition) is 4. The van der Waals surface area contributed by atoms with Crippen molar-refractivity contribution in [3.63, 3.8) is 0 Å². The van der Waals surface area contributed by atoms with Crippen LogP contribution in [0.5, 0.6) is 0 Å². The molecule has 1 aromatic carbocycles. The summed E-state index contributed by atoms with van der Waals surface area (Å²) in [6, 6.07) is 5.22. The van der Waals surface area contributed by atoms with Crippen molar-refractivity contribution in [2.45, 2.75) is 25.9 Å². The number of carbonyl (C=O) groups is 2. The highest BCUT2D eigenvalue weighted by molar-refractivity contribution is 6.31. The first-order valence-corrected chi connectivity index (χ1v) is 6.79. The molecule has 1 aliphatic rings. The van der Waals surface area contributed by atoms with E-state index in [1.54, 1.807) is 25.1 Å². The van der Waals surface area contributed by atoms with Gasteiger partial charge in [-0.2, -0.15) is 0 Å². The predicted octanol–water partition coefficient (Wildman–Crippen LogP) is 2.31. The average molecular weight is 298 g/mol. The number of rotatable bonds is 4. The van der Waals surface area contributed by atoms with E-state index in [4.69, 9.17) is 21.1 Å². The van der Waals surface area contributed by atoms with Crippen molar-refractivity contribution in [3.8, 4) is 0 Å². The molecule has 5 nitrogen and oxygen atoms in total. The largest absolute Gasteiger partial charge is 0.454 e. The van der Waals surface area contributed by atoms with Crippen molar-refractivity contribution in [1.29, 1.82) is 0 Å². The summed E-state index contributed by atoms with van der Waals surface area (Å²) in [7, 11) is 0. The second kappa shape index (κ2) is 6.72. The molecule has 1 amide bonds. The van der Waals surface area contributed by atoms with E-state index in [0.29, 0.717) is 23.7 Å². The smallest absolute Gasteiger partial charge is 0.335 e. The van der Waals surface area contributed by atoms with Crippen molar-refractivity contribution in [3.05, 3.63) is 28.8 Å². The number of amides is 1. The summed E-state index contributed by atoms with van der Waals surface area (Å²) >= 11 is 5.96. The molecule has 1 aromatic rings. The van der Waals surface area contributed by atoms with Crippen LogP contribution in [0.25, 0.3) is 0 Å². The van der Waals surface area contributed by atoms with E-state index < -0.39 is 18.0 Å². The Labute approximate surface area is 122 Å². The van der Waals surface area contributed by atoms with Crippen molar-refractivity contribution >= 4 is 29.2 Å². The Morgan fingerprint density at radius 2 is 2.30 bits per heavy atom. The third-order valence-corrected chi connectivity index (χ3v) is 3.49. The van der Waals surface area contributed by atoms with Gasteiger partial charge in [-0.3, -0.25) is 4.79 Å². The molecule has 0 radical (unpaired) electrons. The Morgan fingerprint density at radius 1 is 1.50 bits per heavy atom. The SMILES string of the molecule is Cc1c(Cl)cccc1NC(=O)COC(=O)[C@H]1CCCO1. The van der Waals surface area contributed by atoms with Gasteiger partial charge in [0, 0.05) is 17.3 Å². The highest BCUT2D eigenvalue weighted by Gasteiger charge is 2.25. The van der Waals surface area contributed by atoms with Crippen LogP contribution in [0.1, 0.15) is 18.4 Å². The summed E-state index contributed by atoms with van der Waals surface area (Å²) in [6.45, 7) is 2.04. The number of carbonyl (C=O) groups excluding carboxylic acids is 2. The van der Waals surface area contributed by atoms with E-state index in [1.807, 2.05) is 0 Å². The lowest BCUT2D eigenvalue weighted by Gasteiger charge is -2.11. The van der Waals surface area contributed by atoms with E-state index >= 15 is 0 Å². The minimum atomic E-state index is -0.532. The molecule has 0 bridgehead atoms. The van der Waals surface area contributed by atoms with Crippen molar-refractivity contribution in [2.24, 2.45) is 0 Å². The third-order valence-electron chi connectivity index (χ3n) is 3.08. The summed E-state index contributed by atoms with van der Waals surface area (Å²) < 4.78 is 10.1. The second-order valence-electron chi connectivity index (χ2n) is 4.57. The van der Waals surface area contributed by atoms with Gasteiger partial charge in [-0.05, 0) is 37.5 Å². The van der Waals surface area contributed by atoms with Crippen LogP contribution in [0.4, 0.5) is 5.69 Å². The number of ether oxygens (including phenoxy) is 2. The highest BCUT2D eigenvalue weighted by Crippen LogP contribution is 2.22. The number of hydrogen-bond donors (Lipinski definition) is 1. The molecule has 1 N–H and O–H groups in total. The van der Waals surface area contributed by atoms with Crippen LogP contribution in [-0.4, -0.2) is 31.2 Å². The van der Waals surface area contributed by atoms with Gasteiger partial charge < -0.3 is 14.8 Å². The van der Waals surface area contributed by atoms with Gasteiger partial charge in [0.2, 0.25) is 0 Å². The molecular weight excluding hydrogens is 282 g/mol. The number of nitrogens with one attached hydrogen (secondary N) is 1. The Bertz CT molecular complexity index is 512. The summed E-state index contributed by atoms with van der Waals surface area (Å²) in [6.07, 6.45) is 0.956. The Morgan fingerprint density at radius 3 is 3.00 bits per heavy atom. The molecule has 0 unspecified atom stereocenters. The minimum absolute atomic E-state index is 0.329. The maximum atomic E-state index is 11.7. The fourth-order valence-corrected chi connectivity index (χ4v) is 2.10. The summed E-state index contributed by atoms with van der Waals surface area (Å²) in [5.41, 5.74) is 1.38. The van der Waals surface area contributed by atoms with Crippen molar-refractivity contribution in [1.82, 2.24) is 0 Å². The first-order chi connectivity index (χ1) is 9.58. The zero-order chi connectivity index (χ0) is 14.5. The first kappa shape index (κ1) is 14.8. The van der Waals surface area contributed by atoms with Crippen LogP contribution < -0.4 is 5.32 Å². The molecule has 1 saturated heterocycles. The molecule has 0 saturated carbocycles. The van der Waals surface area contributed by atoms with Gasteiger partial charge in [-0.1, -0.05) is 17.7 Å². The maximum absolute atomic E-state index is 11.7. The lowest BCUT2D eigenvalue weighted by molar-refractivity contribution is -0.156. The van der Waals surface area contributed by atoms with Crippen LogP contribution in [0.15, 0.2) is 18.2 Å². The van der Waals surface area contributed by atoms with Crippen LogP contribution in [0, 0.1) is 6.92 Å². The van der Waals surface area contributed by atoms with E-state index in [9.17, 15) is 9.59 Å². The zero-order valence-corrected chi connectivity index (χ0v) is 11.9. The van der Waals surface area contributed by atoms with E-state index in [2.05, 4.69) is 5.32 Å². The Kier molecular flexibility index (Phi) is 4.98. The first-order valence-electron chi connectivity index (χ1n) is 6.41. The topological polar surface area (TPSA) is 64.6 Å². The molecule has 1 fully saturated rings. The number of esters is 1. The van der Waals surface area contributed by atoms with Gasteiger partial charge in [0.25, 0.3) is 5.91 Å². The van der Waals surface area contributed by atoms with Crippen LogP contribution in [-0.2, 0) is 19.1 Å². The van der Waals surface area contributed by atoms with E-state index in [-0.39, 0.29) is 6.61 Å². The molecule has 2 rings (SSSR count). The molecule has 1 heterocycles. The molecule has 0 spiro atoms. The van der Waals surface area contributed by atoms with Crippen LogP contribution in [0.2, 0.25) is 5.02 Å². The van der Waals surface area contributed by atoms with Crippen LogP contribution >= 0.6 is 11.6 Å². The van der Waals surface area contributed by atoms with Crippen LogP contribution in [0.3, 0.4) is 0 Å². The lowest BCUT2D eigenvalue weighted by Crippen LogP contribution is -2.27. The summed E-state index contributed by atoms with van der Waals surface area (Å²) in [4.78, 5) is 23.3. The molecule has 1 aliphatic heterocycles. The monoisotopic (exact) mass is 297 g/mol. The van der Waals surface area contributed by atoms with E-state index in [0.717, 1.165) is 12.0 Å². The summed E-state index contributed by atoms with van der Waals surface area (Å²) in [5.74, 6) is -0.887. The molecule has 108 valence electrons.